The fraction of sp³-hybridized carbons (Fsp3) is 0.292. The number of hydrogen-bond acceptors (Lipinski definition) is 5. The largest absolute Gasteiger partial charge is 0.493 e. The molecule has 0 saturated carbocycles. The molecule has 4 rings (SSSR count). The molecule has 0 bridgehead atoms. The van der Waals surface area contributed by atoms with E-state index in [9.17, 15) is 4.79 Å². The highest BCUT2D eigenvalue weighted by Gasteiger charge is 2.21. The number of amides is 1. The van der Waals surface area contributed by atoms with Crippen molar-refractivity contribution in [2.24, 2.45) is 0 Å². The van der Waals surface area contributed by atoms with Crippen LogP contribution in [0.25, 0.3) is 6.08 Å². The number of ether oxygens (including phenoxy) is 2. The zero-order valence-electron chi connectivity index (χ0n) is 17.2. The van der Waals surface area contributed by atoms with Crippen molar-refractivity contribution in [1.82, 2.24) is 4.90 Å². The Bertz CT molecular complexity index is 968. The topological polar surface area (TPSA) is 65.0 Å². The monoisotopic (exact) mass is 407 g/mol. The third-order valence-corrected chi connectivity index (χ3v) is 4.90. The molecule has 156 valence electrons. The molecule has 0 saturated heterocycles. The second-order valence-corrected chi connectivity index (χ2v) is 7.25. The summed E-state index contributed by atoms with van der Waals surface area (Å²) in [6, 6.07) is 11.3. The average Bonchev–Trinajstić information content (AvgIpc) is 3.47. The minimum Gasteiger partial charge on any atom is -0.493 e. The minimum atomic E-state index is -0.153. The van der Waals surface area contributed by atoms with E-state index in [1.165, 1.54) is 0 Å². The van der Waals surface area contributed by atoms with E-state index in [4.69, 9.17) is 18.3 Å². The quantitative estimate of drug-likeness (QED) is 0.500. The summed E-state index contributed by atoms with van der Waals surface area (Å²) in [7, 11) is 0. The Labute approximate surface area is 175 Å². The maximum atomic E-state index is 13.0. The van der Waals surface area contributed by atoms with Gasteiger partial charge in [0.25, 0.3) is 0 Å². The number of furan rings is 2. The third kappa shape index (κ3) is 4.59. The third-order valence-electron chi connectivity index (χ3n) is 4.90. The predicted octanol–water partition coefficient (Wildman–Crippen LogP) is 4.84. The van der Waals surface area contributed by atoms with Gasteiger partial charge in [0.2, 0.25) is 5.91 Å². The highest BCUT2D eigenvalue weighted by Crippen LogP contribution is 2.35. The molecule has 6 heteroatoms. The number of carbonyl (C=O) groups excluding carboxylic acids is 1. The fourth-order valence-corrected chi connectivity index (χ4v) is 3.53. The number of carbonyl (C=O) groups is 1. The van der Waals surface area contributed by atoms with Gasteiger partial charge in [-0.2, -0.15) is 0 Å². The van der Waals surface area contributed by atoms with E-state index in [2.05, 4.69) is 0 Å². The van der Waals surface area contributed by atoms with Gasteiger partial charge in [0, 0.05) is 23.6 Å². The van der Waals surface area contributed by atoms with Crippen molar-refractivity contribution in [3.05, 3.63) is 77.6 Å². The molecule has 2 aromatic heterocycles. The molecule has 1 atom stereocenters. The normalized spacial score (nSPS) is 15.2. The molecule has 1 unspecified atom stereocenters. The number of fused-ring (bicyclic) bond motifs is 1. The Hall–Kier alpha value is -3.41. The lowest BCUT2D eigenvalue weighted by molar-refractivity contribution is -0.127. The zero-order valence-corrected chi connectivity index (χ0v) is 17.2. The molecule has 0 N–H and O–H groups in total. The molecular weight excluding hydrogens is 382 g/mol. The Morgan fingerprint density at radius 3 is 2.47 bits per heavy atom. The molecular formula is C24H25NO5. The molecule has 0 spiro atoms. The predicted molar refractivity (Wildman–Crippen MR) is 112 cm³/mol. The maximum Gasteiger partial charge on any atom is 0.247 e. The van der Waals surface area contributed by atoms with Crippen LogP contribution in [0.5, 0.6) is 11.5 Å². The van der Waals surface area contributed by atoms with Crippen molar-refractivity contribution >= 4 is 12.0 Å². The van der Waals surface area contributed by atoms with E-state index in [1.807, 2.05) is 38.1 Å². The van der Waals surface area contributed by atoms with Crippen molar-refractivity contribution in [3.63, 3.8) is 0 Å². The van der Waals surface area contributed by atoms with Crippen LogP contribution in [0.2, 0.25) is 0 Å². The van der Waals surface area contributed by atoms with Crippen molar-refractivity contribution in [1.29, 1.82) is 0 Å². The summed E-state index contributed by atoms with van der Waals surface area (Å²) < 4.78 is 22.5. The first-order chi connectivity index (χ1) is 14.6. The van der Waals surface area contributed by atoms with Crippen molar-refractivity contribution in [2.75, 3.05) is 6.61 Å². The first-order valence-electron chi connectivity index (χ1n) is 10.1. The van der Waals surface area contributed by atoms with Gasteiger partial charge in [-0.15, -0.1) is 0 Å². The summed E-state index contributed by atoms with van der Waals surface area (Å²) >= 11 is 0. The fourth-order valence-electron chi connectivity index (χ4n) is 3.53. The van der Waals surface area contributed by atoms with E-state index in [1.54, 1.807) is 41.7 Å². The van der Waals surface area contributed by atoms with Crippen LogP contribution in [0.1, 0.15) is 36.5 Å². The van der Waals surface area contributed by atoms with Crippen LogP contribution < -0.4 is 9.47 Å². The number of hydrogen-bond donors (Lipinski definition) is 0. The summed E-state index contributed by atoms with van der Waals surface area (Å²) in [5, 5.41) is 0. The Balaban J connectivity index is 1.56. The summed E-state index contributed by atoms with van der Waals surface area (Å²) in [6.45, 7) is 5.23. The van der Waals surface area contributed by atoms with Crippen molar-refractivity contribution in [3.8, 4) is 11.5 Å². The van der Waals surface area contributed by atoms with E-state index < -0.39 is 0 Å². The van der Waals surface area contributed by atoms with Crippen LogP contribution in [0.3, 0.4) is 0 Å². The van der Waals surface area contributed by atoms with Gasteiger partial charge < -0.3 is 23.2 Å². The Morgan fingerprint density at radius 1 is 1.17 bits per heavy atom. The van der Waals surface area contributed by atoms with E-state index in [-0.39, 0.29) is 12.0 Å². The van der Waals surface area contributed by atoms with Crippen LogP contribution in [0, 0.1) is 0 Å². The van der Waals surface area contributed by atoms with Crippen molar-refractivity contribution in [2.45, 2.75) is 39.5 Å². The average molecular weight is 407 g/mol. The zero-order chi connectivity index (χ0) is 20.9. The van der Waals surface area contributed by atoms with E-state index in [0.717, 1.165) is 29.0 Å². The molecule has 1 aliphatic rings. The van der Waals surface area contributed by atoms with Gasteiger partial charge in [-0.3, -0.25) is 4.79 Å². The van der Waals surface area contributed by atoms with Crippen LogP contribution in [-0.2, 0) is 24.3 Å². The molecule has 3 aromatic rings. The van der Waals surface area contributed by atoms with Crippen LogP contribution in [-0.4, -0.2) is 23.5 Å². The van der Waals surface area contributed by atoms with Crippen molar-refractivity contribution < 1.29 is 23.1 Å². The highest BCUT2D eigenvalue weighted by molar-refractivity contribution is 5.92. The lowest BCUT2D eigenvalue weighted by Gasteiger charge is -2.19. The van der Waals surface area contributed by atoms with Gasteiger partial charge >= 0.3 is 0 Å². The molecule has 0 aliphatic carbocycles. The molecule has 3 heterocycles. The summed E-state index contributed by atoms with van der Waals surface area (Å²) in [5.74, 6) is 2.86. The van der Waals surface area contributed by atoms with Gasteiger partial charge in [0.15, 0.2) is 0 Å². The Kier molecular flexibility index (Phi) is 5.93. The standard InChI is InChI=1S/C24H25NO5/c1-3-27-22-14-19-12-17(2)30-23(19)13-18(22)8-9-24(26)25(15-20-6-4-10-28-20)16-21-7-5-11-29-21/h4-11,13-14,17H,3,12,15-16H2,1-2H3/b9-8+. The van der Waals surface area contributed by atoms with Gasteiger partial charge in [0.1, 0.15) is 29.1 Å². The first kappa shape index (κ1) is 19.9. The summed E-state index contributed by atoms with van der Waals surface area (Å²) in [6.07, 6.45) is 7.53. The lowest BCUT2D eigenvalue weighted by atomic mass is 10.1. The number of nitrogens with zero attached hydrogens (tertiary/aromatic N) is 1. The van der Waals surface area contributed by atoms with E-state index in [0.29, 0.717) is 31.2 Å². The molecule has 0 radical (unpaired) electrons. The molecule has 1 amide bonds. The molecule has 6 nitrogen and oxygen atoms in total. The summed E-state index contributed by atoms with van der Waals surface area (Å²) in [5.41, 5.74) is 1.95. The van der Waals surface area contributed by atoms with Gasteiger partial charge in [-0.05, 0) is 56.3 Å². The number of benzene rings is 1. The maximum absolute atomic E-state index is 13.0. The highest BCUT2D eigenvalue weighted by atomic mass is 16.5. The lowest BCUT2D eigenvalue weighted by Crippen LogP contribution is -2.28. The van der Waals surface area contributed by atoms with Crippen LogP contribution in [0.4, 0.5) is 0 Å². The van der Waals surface area contributed by atoms with Gasteiger partial charge in [-0.1, -0.05) is 0 Å². The second kappa shape index (κ2) is 8.95. The van der Waals surface area contributed by atoms with Crippen LogP contribution in [0.15, 0.2) is 63.8 Å². The van der Waals surface area contributed by atoms with Gasteiger partial charge in [-0.25, -0.2) is 0 Å². The molecule has 1 aliphatic heterocycles. The second-order valence-electron chi connectivity index (χ2n) is 7.25. The first-order valence-corrected chi connectivity index (χ1v) is 10.1. The minimum absolute atomic E-state index is 0.146. The summed E-state index contributed by atoms with van der Waals surface area (Å²) in [4.78, 5) is 14.7. The smallest absolute Gasteiger partial charge is 0.247 e. The SMILES string of the molecule is CCOc1cc2c(cc1/C=C/C(=O)N(Cc1ccco1)Cc1ccco1)OC(C)C2. The van der Waals surface area contributed by atoms with Gasteiger partial charge in [0.05, 0.1) is 32.2 Å². The molecule has 1 aromatic carbocycles. The molecule has 0 fully saturated rings. The molecule has 30 heavy (non-hydrogen) atoms. The Morgan fingerprint density at radius 2 is 1.87 bits per heavy atom. The van der Waals surface area contributed by atoms with E-state index >= 15 is 0 Å². The van der Waals surface area contributed by atoms with Crippen LogP contribution >= 0.6 is 0 Å². The number of rotatable bonds is 8.